The van der Waals surface area contributed by atoms with E-state index in [2.05, 4.69) is 25.7 Å². The van der Waals surface area contributed by atoms with Crippen LogP contribution in [-0.4, -0.2) is 36.4 Å². The molecule has 0 aliphatic carbocycles. The normalized spacial score (nSPS) is 11.4. The van der Waals surface area contributed by atoms with Gasteiger partial charge < -0.3 is 9.15 Å². The van der Waals surface area contributed by atoms with Crippen LogP contribution >= 0.6 is 0 Å². The molecule has 9 nitrogen and oxygen atoms in total. The van der Waals surface area contributed by atoms with E-state index < -0.39 is 5.97 Å². The first-order valence-corrected chi connectivity index (χ1v) is 8.78. The minimum absolute atomic E-state index is 0.168. The number of benzene rings is 2. The van der Waals surface area contributed by atoms with E-state index in [1.807, 2.05) is 60.7 Å². The molecular formula is C20H16N6O3. The molecule has 0 saturated heterocycles. The highest BCUT2D eigenvalue weighted by Crippen LogP contribution is 2.18. The van der Waals surface area contributed by atoms with Crippen LogP contribution in [0.25, 0.3) is 23.2 Å². The van der Waals surface area contributed by atoms with E-state index >= 15 is 0 Å². The SMILES string of the molecule is Cc1nnnn1/C(=C\c1ccccc1)C(=O)OCc1nnc(-c2ccccc2)o1. The van der Waals surface area contributed by atoms with Crippen LogP contribution in [-0.2, 0) is 16.1 Å². The van der Waals surface area contributed by atoms with Crippen molar-refractivity contribution in [3.63, 3.8) is 0 Å². The molecule has 0 aliphatic rings. The Labute approximate surface area is 165 Å². The zero-order chi connectivity index (χ0) is 20.1. The van der Waals surface area contributed by atoms with E-state index in [1.165, 1.54) is 4.68 Å². The number of aromatic nitrogens is 6. The van der Waals surface area contributed by atoms with Gasteiger partial charge >= 0.3 is 5.97 Å². The third kappa shape index (κ3) is 4.24. The van der Waals surface area contributed by atoms with Gasteiger partial charge in [-0.1, -0.05) is 48.5 Å². The lowest BCUT2D eigenvalue weighted by molar-refractivity contribution is -0.139. The molecule has 0 N–H and O–H groups in total. The Morgan fingerprint density at radius 3 is 2.45 bits per heavy atom. The van der Waals surface area contributed by atoms with E-state index in [0.717, 1.165) is 11.1 Å². The minimum Gasteiger partial charge on any atom is -0.451 e. The molecule has 9 heteroatoms. The molecule has 2 heterocycles. The molecule has 0 saturated carbocycles. The lowest BCUT2D eigenvalue weighted by Gasteiger charge is -2.07. The van der Waals surface area contributed by atoms with Crippen LogP contribution in [0.15, 0.2) is 65.1 Å². The molecule has 0 unspecified atom stereocenters. The number of esters is 1. The molecule has 0 amide bonds. The van der Waals surface area contributed by atoms with Gasteiger partial charge in [0.25, 0.3) is 5.89 Å². The Bertz CT molecular complexity index is 1140. The van der Waals surface area contributed by atoms with Crippen LogP contribution in [0.5, 0.6) is 0 Å². The topological polar surface area (TPSA) is 109 Å². The van der Waals surface area contributed by atoms with Crippen molar-refractivity contribution in [3.8, 4) is 11.5 Å². The number of hydrogen-bond acceptors (Lipinski definition) is 8. The van der Waals surface area contributed by atoms with Crippen LogP contribution in [0.2, 0.25) is 0 Å². The van der Waals surface area contributed by atoms with Crippen molar-refractivity contribution < 1.29 is 13.9 Å². The number of carbonyl (C=O) groups excluding carboxylic acids is 1. The fraction of sp³-hybridized carbons (Fsp3) is 0.100. The van der Waals surface area contributed by atoms with E-state index in [1.54, 1.807) is 13.0 Å². The highest BCUT2D eigenvalue weighted by Gasteiger charge is 2.19. The number of hydrogen-bond donors (Lipinski definition) is 0. The van der Waals surface area contributed by atoms with E-state index in [9.17, 15) is 4.79 Å². The quantitative estimate of drug-likeness (QED) is 0.366. The second-order valence-corrected chi connectivity index (χ2v) is 6.02. The maximum Gasteiger partial charge on any atom is 0.357 e. The van der Waals surface area contributed by atoms with Crippen LogP contribution in [0, 0.1) is 6.92 Å². The summed E-state index contributed by atoms with van der Waals surface area (Å²) in [5.74, 6) is 0.370. The summed E-state index contributed by atoms with van der Waals surface area (Å²) in [5, 5.41) is 19.2. The number of aryl methyl sites for hydroxylation is 1. The Hall–Kier alpha value is -4.14. The number of rotatable bonds is 6. The molecule has 29 heavy (non-hydrogen) atoms. The Kier molecular flexibility index (Phi) is 5.19. The van der Waals surface area contributed by atoms with Gasteiger partial charge in [-0.3, -0.25) is 0 Å². The Balaban J connectivity index is 1.53. The second kappa shape index (κ2) is 8.26. The first-order chi connectivity index (χ1) is 14.2. The number of nitrogens with zero attached hydrogens (tertiary/aromatic N) is 6. The first kappa shape index (κ1) is 18.2. The number of ether oxygens (including phenoxy) is 1. The summed E-state index contributed by atoms with van der Waals surface area (Å²) in [5.41, 5.74) is 1.76. The van der Waals surface area contributed by atoms with Crippen molar-refractivity contribution in [1.29, 1.82) is 0 Å². The third-order valence-electron chi connectivity index (χ3n) is 3.98. The van der Waals surface area contributed by atoms with Crippen molar-refractivity contribution in [2.45, 2.75) is 13.5 Å². The highest BCUT2D eigenvalue weighted by molar-refractivity contribution is 6.15. The molecular weight excluding hydrogens is 372 g/mol. The second-order valence-electron chi connectivity index (χ2n) is 6.02. The molecule has 144 valence electrons. The van der Waals surface area contributed by atoms with Gasteiger partial charge in [0.05, 0.1) is 0 Å². The molecule has 0 spiro atoms. The third-order valence-corrected chi connectivity index (χ3v) is 3.98. The van der Waals surface area contributed by atoms with Gasteiger partial charge in [0.15, 0.2) is 18.1 Å². The smallest absolute Gasteiger partial charge is 0.357 e. The zero-order valence-corrected chi connectivity index (χ0v) is 15.5. The van der Waals surface area contributed by atoms with E-state index in [-0.39, 0.29) is 18.2 Å². The monoisotopic (exact) mass is 388 g/mol. The first-order valence-electron chi connectivity index (χ1n) is 8.78. The molecule has 0 fully saturated rings. The van der Waals surface area contributed by atoms with Crippen molar-refractivity contribution in [2.75, 3.05) is 0 Å². The Morgan fingerprint density at radius 1 is 1.03 bits per heavy atom. The molecule has 0 radical (unpaired) electrons. The highest BCUT2D eigenvalue weighted by atomic mass is 16.5. The summed E-state index contributed by atoms with van der Waals surface area (Å²) >= 11 is 0. The molecule has 2 aromatic heterocycles. The molecule has 4 aromatic rings. The van der Waals surface area contributed by atoms with Crippen molar-refractivity contribution >= 4 is 17.7 Å². The summed E-state index contributed by atoms with van der Waals surface area (Å²) in [6.07, 6.45) is 1.65. The average Bonchev–Trinajstić information content (AvgIpc) is 3.41. The fourth-order valence-corrected chi connectivity index (χ4v) is 2.58. The average molecular weight is 388 g/mol. The van der Waals surface area contributed by atoms with E-state index in [4.69, 9.17) is 9.15 Å². The summed E-state index contributed by atoms with van der Waals surface area (Å²) < 4.78 is 12.3. The van der Waals surface area contributed by atoms with Gasteiger partial charge in [-0.05, 0) is 41.1 Å². The molecule has 0 aliphatic heterocycles. The maximum absolute atomic E-state index is 12.8. The van der Waals surface area contributed by atoms with Crippen LogP contribution < -0.4 is 0 Å². The van der Waals surface area contributed by atoms with Crippen molar-refractivity contribution in [2.24, 2.45) is 0 Å². The van der Waals surface area contributed by atoms with Gasteiger partial charge in [0.2, 0.25) is 5.89 Å². The zero-order valence-electron chi connectivity index (χ0n) is 15.5. The Morgan fingerprint density at radius 2 is 1.76 bits per heavy atom. The fourth-order valence-electron chi connectivity index (χ4n) is 2.58. The number of tetrazole rings is 1. The predicted octanol–water partition coefficient (Wildman–Crippen LogP) is 2.77. The van der Waals surface area contributed by atoms with Crippen LogP contribution in [0.3, 0.4) is 0 Å². The standard InChI is InChI=1S/C20H16N6O3/c1-14-21-24-25-26(14)17(12-15-8-4-2-5-9-15)20(27)28-13-18-22-23-19(29-18)16-10-6-3-7-11-16/h2-12H,13H2,1H3/b17-12-. The molecule has 0 bridgehead atoms. The van der Waals surface area contributed by atoms with Crippen molar-refractivity contribution in [1.82, 2.24) is 30.4 Å². The van der Waals surface area contributed by atoms with Crippen LogP contribution in [0.1, 0.15) is 17.3 Å². The summed E-state index contributed by atoms with van der Waals surface area (Å²) in [7, 11) is 0. The molecule has 2 aromatic carbocycles. The van der Waals surface area contributed by atoms with Gasteiger partial charge in [-0.2, -0.15) is 4.68 Å². The molecule has 0 atom stereocenters. The van der Waals surface area contributed by atoms with Gasteiger partial charge in [-0.15, -0.1) is 15.3 Å². The predicted molar refractivity (Wildman–Crippen MR) is 103 cm³/mol. The lowest BCUT2D eigenvalue weighted by Crippen LogP contribution is -2.15. The van der Waals surface area contributed by atoms with Gasteiger partial charge in [-0.25, -0.2) is 4.79 Å². The van der Waals surface area contributed by atoms with E-state index in [0.29, 0.717) is 11.7 Å². The maximum atomic E-state index is 12.8. The summed E-state index contributed by atoms with van der Waals surface area (Å²) in [6, 6.07) is 18.7. The van der Waals surface area contributed by atoms with Gasteiger partial charge in [0.1, 0.15) is 0 Å². The van der Waals surface area contributed by atoms with Gasteiger partial charge in [0, 0.05) is 5.56 Å². The lowest BCUT2D eigenvalue weighted by atomic mass is 10.2. The summed E-state index contributed by atoms with van der Waals surface area (Å²) in [4.78, 5) is 12.8. The number of carbonyl (C=O) groups is 1. The van der Waals surface area contributed by atoms with Crippen LogP contribution in [0.4, 0.5) is 0 Å². The molecule has 4 rings (SSSR count). The van der Waals surface area contributed by atoms with Crippen molar-refractivity contribution in [3.05, 3.63) is 77.9 Å². The largest absolute Gasteiger partial charge is 0.451 e. The minimum atomic E-state index is -0.622. The summed E-state index contributed by atoms with van der Waals surface area (Å²) in [6.45, 7) is 1.52.